The van der Waals surface area contributed by atoms with Crippen LogP contribution < -0.4 is 10.6 Å². The number of rotatable bonds is 53. The number of nitrogens with one attached hydrogen (secondary N) is 2. The van der Waals surface area contributed by atoms with Crippen molar-refractivity contribution in [3.63, 3.8) is 0 Å². The molecule has 0 bridgehead atoms. The molecule has 0 aliphatic carbocycles. The van der Waals surface area contributed by atoms with Gasteiger partial charge >= 0.3 is 0 Å². The van der Waals surface area contributed by atoms with Gasteiger partial charge in [-0.25, -0.2) is 0 Å². The van der Waals surface area contributed by atoms with E-state index in [1.54, 1.807) is 6.08 Å². The molecule has 15 N–H and O–H groups in total. The third kappa shape index (κ3) is 30.9. The van der Waals surface area contributed by atoms with Crippen LogP contribution in [0.5, 0.6) is 0 Å². The van der Waals surface area contributed by atoms with Gasteiger partial charge < -0.3 is 115 Å². The Morgan fingerprint density at radius 3 is 1.19 bits per heavy atom. The van der Waals surface area contributed by atoms with Crippen LogP contribution in [0.25, 0.3) is 0 Å². The van der Waals surface area contributed by atoms with Crippen molar-refractivity contribution in [3.8, 4) is 0 Å². The van der Waals surface area contributed by atoms with Gasteiger partial charge in [-0.2, -0.15) is 0 Å². The Morgan fingerprint density at radius 2 is 0.758 bits per heavy atom. The first-order chi connectivity index (χ1) is 46.0. The molecular formula is C70H130N2O23. The summed E-state index contributed by atoms with van der Waals surface area (Å²) >= 11 is 0. The lowest BCUT2D eigenvalue weighted by atomic mass is 9.94. The van der Waals surface area contributed by atoms with Gasteiger partial charge in [0.25, 0.3) is 0 Å². The Morgan fingerprint density at radius 1 is 0.411 bits per heavy atom. The van der Waals surface area contributed by atoms with E-state index in [0.717, 1.165) is 45.4 Å². The molecule has 22 atom stereocenters. The lowest BCUT2D eigenvalue weighted by molar-refractivity contribution is -0.380. The summed E-state index contributed by atoms with van der Waals surface area (Å²) in [6, 6.07) is -2.62. The summed E-state index contributed by atoms with van der Waals surface area (Å²) in [6.07, 6.45) is 11.4. The average molecular weight is 1370 g/mol. The molecule has 0 aromatic carbocycles. The van der Waals surface area contributed by atoms with Gasteiger partial charge in [-0.3, -0.25) is 9.59 Å². The molecule has 0 saturated carbocycles. The summed E-state index contributed by atoms with van der Waals surface area (Å²) in [6.45, 7) is 1.63. The number of aliphatic hydroxyl groups excluding tert-OH is 13. The van der Waals surface area contributed by atoms with Crippen molar-refractivity contribution in [2.75, 3.05) is 33.0 Å². The molecule has 4 aliphatic heterocycles. The minimum atomic E-state index is -2.10. The zero-order chi connectivity index (χ0) is 69.3. The quantitative estimate of drug-likeness (QED) is 0.0284. The Hall–Kier alpha value is -2.16. The van der Waals surface area contributed by atoms with E-state index in [9.17, 15) is 76.0 Å². The van der Waals surface area contributed by atoms with Gasteiger partial charge in [0, 0.05) is 13.3 Å². The van der Waals surface area contributed by atoms with Gasteiger partial charge in [0.2, 0.25) is 11.8 Å². The number of ether oxygens (including phenoxy) is 8. The van der Waals surface area contributed by atoms with E-state index in [1.165, 1.54) is 173 Å². The van der Waals surface area contributed by atoms with E-state index in [2.05, 4.69) is 24.5 Å². The summed E-state index contributed by atoms with van der Waals surface area (Å²) in [5, 5.41) is 147. The van der Waals surface area contributed by atoms with E-state index in [-0.39, 0.29) is 12.3 Å². The molecule has 558 valence electrons. The largest absolute Gasteiger partial charge is 0.394 e. The van der Waals surface area contributed by atoms with E-state index >= 15 is 0 Å². The van der Waals surface area contributed by atoms with E-state index < -0.39 is 174 Å². The van der Waals surface area contributed by atoms with E-state index in [4.69, 9.17) is 37.9 Å². The van der Waals surface area contributed by atoms with Crippen molar-refractivity contribution in [1.82, 2.24) is 10.6 Å². The highest BCUT2D eigenvalue weighted by Crippen LogP contribution is 2.35. The molecular weight excluding hydrogens is 1240 g/mol. The SMILES string of the molecule is CCCCCCCCCCCCCC=CC(O)C(COC1OC(CO)C(OC2OC(CO)C(OC3OC(CO)C(O)C(OC4OC(CO)C(O)C(O)C4O)C3NC(C)=O)C(O)C2O)C(O)C1O)NC(=O)CCCCCCCCCCCCCCCCCCCCCCCCC. The first-order valence-corrected chi connectivity index (χ1v) is 36.9. The number of aliphatic hydroxyl groups is 13. The number of amides is 2. The van der Waals surface area contributed by atoms with Crippen molar-refractivity contribution in [2.45, 2.75) is 387 Å². The van der Waals surface area contributed by atoms with Crippen LogP contribution in [0, 0.1) is 0 Å². The van der Waals surface area contributed by atoms with E-state index in [1.807, 2.05) is 6.08 Å². The monoisotopic (exact) mass is 1370 g/mol. The van der Waals surface area contributed by atoms with E-state index in [0.29, 0.717) is 12.8 Å². The molecule has 0 spiro atoms. The number of hydrogen-bond donors (Lipinski definition) is 15. The van der Waals surface area contributed by atoms with Crippen molar-refractivity contribution >= 4 is 11.8 Å². The number of hydrogen-bond acceptors (Lipinski definition) is 23. The maximum absolute atomic E-state index is 13.5. The van der Waals surface area contributed by atoms with Gasteiger partial charge in [0.05, 0.1) is 45.2 Å². The van der Waals surface area contributed by atoms with Crippen molar-refractivity contribution in [1.29, 1.82) is 0 Å². The van der Waals surface area contributed by atoms with Gasteiger partial charge in [0.15, 0.2) is 25.2 Å². The molecule has 4 heterocycles. The molecule has 25 nitrogen and oxygen atoms in total. The summed E-state index contributed by atoms with van der Waals surface area (Å²) in [5.41, 5.74) is 0. The molecule has 4 saturated heterocycles. The average Bonchev–Trinajstić information content (AvgIpc) is 0.779. The van der Waals surface area contributed by atoms with Crippen LogP contribution in [0.4, 0.5) is 0 Å². The van der Waals surface area contributed by atoms with Gasteiger partial charge in [-0.1, -0.05) is 231 Å². The molecule has 4 aliphatic rings. The van der Waals surface area contributed by atoms with Crippen molar-refractivity contribution in [2.24, 2.45) is 0 Å². The Bertz CT molecular complexity index is 1960. The van der Waals surface area contributed by atoms with Gasteiger partial charge in [-0.05, 0) is 19.3 Å². The van der Waals surface area contributed by atoms with Crippen molar-refractivity contribution in [3.05, 3.63) is 12.2 Å². The lowest BCUT2D eigenvalue weighted by Crippen LogP contribution is -2.70. The molecule has 0 aromatic heterocycles. The van der Waals surface area contributed by atoms with Crippen LogP contribution in [0.15, 0.2) is 12.2 Å². The summed E-state index contributed by atoms with van der Waals surface area (Å²) < 4.78 is 46.8. The zero-order valence-electron chi connectivity index (χ0n) is 57.7. The maximum Gasteiger partial charge on any atom is 0.220 e. The maximum atomic E-state index is 13.5. The Labute approximate surface area is 566 Å². The zero-order valence-corrected chi connectivity index (χ0v) is 57.7. The molecule has 0 radical (unpaired) electrons. The third-order valence-corrected chi connectivity index (χ3v) is 19.1. The summed E-state index contributed by atoms with van der Waals surface area (Å²) in [5.74, 6) is -1.06. The highest BCUT2D eigenvalue weighted by molar-refractivity contribution is 5.76. The Kier molecular flexibility index (Phi) is 45.1. The molecule has 95 heavy (non-hydrogen) atoms. The minimum Gasteiger partial charge on any atom is -0.394 e. The fraction of sp³-hybridized carbons (Fsp3) is 0.943. The van der Waals surface area contributed by atoms with Gasteiger partial charge in [-0.15, -0.1) is 0 Å². The van der Waals surface area contributed by atoms with Crippen LogP contribution in [0.3, 0.4) is 0 Å². The summed E-state index contributed by atoms with van der Waals surface area (Å²) in [4.78, 5) is 26.1. The second-order valence-corrected chi connectivity index (χ2v) is 27.1. The number of allylic oxidation sites excluding steroid dienone is 1. The van der Waals surface area contributed by atoms with Crippen LogP contribution in [-0.2, 0) is 47.5 Å². The predicted molar refractivity (Wildman–Crippen MR) is 354 cm³/mol. The van der Waals surface area contributed by atoms with Crippen LogP contribution in [-0.4, -0.2) is 246 Å². The fourth-order valence-electron chi connectivity index (χ4n) is 13.1. The molecule has 0 aromatic rings. The second kappa shape index (κ2) is 50.2. The molecule has 4 rings (SSSR count). The second-order valence-electron chi connectivity index (χ2n) is 27.1. The first-order valence-electron chi connectivity index (χ1n) is 36.9. The third-order valence-electron chi connectivity index (χ3n) is 19.1. The number of carbonyl (C=O) groups is 2. The van der Waals surface area contributed by atoms with Crippen LogP contribution in [0.1, 0.15) is 252 Å². The Balaban J connectivity index is 1.28. The lowest BCUT2D eigenvalue weighted by Gasteiger charge is -2.50. The molecule has 2 amide bonds. The van der Waals surface area contributed by atoms with Crippen molar-refractivity contribution < 1.29 is 114 Å². The molecule has 4 fully saturated rings. The van der Waals surface area contributed by atoms with Gasteiger partial charge in [0.1, 0.15) is 97.6 Å². The first kappa shape index (κ1) is 85.3. The fourth-order valence-corrected chi connectivity index (χ4v) is 13.1. The van der Waals surface area contributed by atoms with Crippen LogP contribution in [0.2, 0.25) is 0 Å². The standard InChI is InChI=1S/C70H130N2O23/c1-4-6-8-10-12-14-16-18-19-20-21-22-23-24-25-26-27-29-31-33-35-37-39-41-54(79)72-48(49(78)40-38-36-34-32-30-28-17-15-13-11-9-7-5-2)46-88-68-62(86)59(83)65(52(44-75)91-68)94-70-63(87)60(84)64(53(45-76)92-70)93-67-55(71-47(3)77)66(57(81)51(43-74)89-67)95-69-61(85)58(82)56(80)50(42-73)90-69/h38,40,48-53,55-70,73-76,78,80-87H,4-37,39,41-46H2,1-3H3,(H,71,77)(H,72,79). The number of unbranched alkanes of at least 4 members (excludes halogenated alkanes) is 33. The highest BCUT2D eigenvalue weighted by atomic mass is 16.8. The normalized spacial score (nSPS) is 32.0. The smallest absolute Gasteiger partial charge is 0.220 e. The van der Waals surface area contributed by atoms with Crippen LogP contribution >= 0.6 is 0 Å². The number of carbonyl (C=O) groups excluding carboxylic acids is 2. The topological polar surface area (TPSA) is 395 Å². The predicted octanol–water partition coefficient (Wildman–Crippen LogP) is 4.90. The highest BCUT2D eigenvalue weighted by Gasteiger charge is 2.56. The summed E-state index contributed by atoms with van der Waals surface area (Å²) in [7, 11) is 0. The molecule has 25 heteroatoms. The minimum absolute atomic E-state index is 0.218. The molecule has 22 unspecified atom stereocenters.